The van der Waals surface area contributed by atoms with Gasteiger partial charge in [-0.3, -0.25) is 0 Å². The molecule has 0 spiro atoms. The summed E-state index contributed by atoms with van der Waals surface area (Å²) in [5, 5.41) is 14.3. The minimum Gasteiger partial charge on any atom is -0.392 e. The summed E-state index contributed by atoms with van der Waals surface area (Å²) in [7, 11) is 0.634. The first-order chi connectivity index (χ1) is 9.32. The quantitative estimate of drug-likeness (QED) is 0.682. The highest BCUT2D eigenvalue weighted by Gasteiger charge is 2.39. The number of aliphatic hydroxyl groups is 1. The van der Waals surface area contributed by atoms with Crippen molar-refractivity contribution in [2.24, 2.45) is 5.92 Å². The van der Waals surface area contributed by atoms with Gasteiger partial charge in [-0.05, 0) is 31.9 Å². The van der Waals surface area contributed by atoms with Crippen LogP contribution in [0.4, 0.5) is 0 Å². The fourth-order valence-electron chi connectivity index (χ4n) is 3.95. The van der Waals surface area contributed by atoms with Gasteiger partial charge in [0.1, 0.15) is 0 Å². The van der Waals surface area contributed by atoms with Gasteiger partial charge in [-0.1, -0.05) is 64.6 Å². The Morgan fingerprint density at radius 3 is 1.95 bits per heavy atom. The standard InChI is InChI=1S/C17H37NOSi/c1-13(2)20(6,14(3)4)12-16(19)17(18-5)15-10-8-7-9-11-15/h13-19H,7-12H2,1-6H3/t16-,17+/m1/s1. The maximum Gasteiger partial charge on any atom is 0.0672 e. The second-order valence-electron chi connectivity index (χ2n) is 7.80. The van der Waals surface area contributed by atoms with Gasteiger partial charge in [0.25, 0.3) is 0 Å². The third-order valence-corrected chi connectivity index (χ3v) is 12.8. The van der Waals surface area contributed by atoms with E-state index in [0.717, 1.165) is 17.1 Å². The van der Waals surface area contributed by atoms with Crippen LogP contribution in [0.2, 0.25) is 23.7 Å². The summed E-state index contributed by atoms with van der Waals surface area (Å²) in [6, 6.07) is 1.35. The first-order valence-corrected chi connectivity index (χ1v) is 11.5. The smallest absolute Gasteiger partial charge is 0.0672 e. The molecule has 2 nitrogen and oxygen atoms in total. The molecule has 1 aliphatic rings. The van der Waals surface area contributed by atoms with Crippen molar-refractivity contribution in [1.82, 2.24) is 5.32 Å². The Morgan fingerprint density at radius 2 is 1.55 bits per heavy atom. The molecule has 1 aliphatic carbocycles. The van der Waals surface area contributed by atoms with Gasteiger partial charge in [-0.25, -0.2) is 0 Å². The molecule has 0 heterocycles. The molecular weight excluding hydrogens is 262 g/mol. The van der Waals surface area contributed by atoms with E-state index in [0.29, 0.717) is 12.0 Å². The molecule has 0 aliphatic heterocycles. The van der Waals surface area contributed by atoms with Crippen molar-refractivity contribution < 1.29 is 5.11 Å². The van der Waals surface area contributed by atoms with Crippen molar-refractivity contribution in [3.05, 3.63) is 0 Å². The summed E-state index contributed by atoms with van der Waals surface area (Å²) in [5.41, 5.74) is 1.47. The lowest BCUT2D eigenvalue weighted by atomic mass is 9.82. The van der Waals surface area contributed by atoms with Crippen LogP contribution in [0.5, 0.6) is 0 Å². The van der Waals surface area contributed by atoms with Gasteiger partial charge in [-0.15, -0.1) is 0 Å². The van der Waals surface area contributed by atoms with Crippen LogP contribution >= 0.6 is 0 Å². The van der Waals surface area contributed by atoms with Crippen molar-refractivity contribution in [1.29, 1.82) is 0 Å². The van der Waals surface area contributed by atoms with Crippen LogP contribution in [0.15, 0.2) is 0 Å². The second kappa shape index (κ2) is 7.95. The van der Waals surface area contributed by atoms with Crippen LogP contribution in [0.25, 0.3) is 0 Å². The topological polar surface area (TPSA) is 32.3 Å². The summed E-state index contributed by atoms with van der Waals surface area (Å²) >= 11 is 0. The van der Waals surface area contributed by atoms with E-state index in [9.17, 15) is 5.11 Å². The zero-order chi connectivity index (χ0) is 15.3. The molecule has 1 saturated carbocycles. The number of nitrogens with one attached hydrogen (secondary N) is 1. The molecule has 1 fully saturated rings. The zero-order valence-corrected chi connectivity index (χ0v) is 15.6. The molecule has 20 heavy (non-hydrogen) atoms. The lowest BCUT2D eigenvalue weighted by Crippen LogP contribution is -2.50. The summed E-state index contributed by atoms with van der Waals surface area (Å²) < 4.78 is 0. The SMILES string of the molecule is CN[C@@H](C1CCCCC1)[C@H](O)C[Si](C)(C(C)C)C(C)C. The minimum absolute atomic E-state index is 0.162. The number of hydrogen-bond acceptors (Lipinski definition) is 2. The summed E-state index contributed by atoms with van der Waals surface area (Å²) in [5.74, 6) is 0.682. The van der Waals surface area contributed by atoms with E-state index in [1.807, 2.05) is 7.05 Å². The van der Waals surface area contributed by atoms with Gasteiger partial charge in [0, 0.05) is 6.04 Å². The Labute approximate surface area is 127 Å². The normalized spacial score (nSPS) is 21.4. The van der Waals surface area contributed by atoms with Gasteiger partial charge in [0.15, 0.2) is 0 Å². The third-order valence-electron chi connectivity index (χ3n) is 6.19. The molecule has 0 unspecified atom stereocenters. The molecule has 2 atom stereocenters. The highest BCUT2D eigenvalue weighted by molar-refractivity contribution is 6.81. The number of likely N-dealkylation sites (N-methyl/N-ethyl adjacent to an activating group) is 1. The van der Waals surface area contributed by atoms with E-state index >= 15 is 0 Å². The molecule has 120 valence electrons. The predicted molar refractivity (Wildman–Crippen MR) is 92.1 cm³/mol. The van der Waals surface area contributed by atoms with Crippen LogP contribution in [0, 0.1) is 5.92 Å². The fraction of sp³-hybridized carbons (Fsp3) is 1.00. The number of hydrogen-bond donors (Lipinski definition) is 2. The predicted octanol–water partition coefficient (Wildman–Crippen LogP) is 4.41. The van der Waals surface area contributed by atoms with Crippen LogP contribution in [-0.2, 0) is 0 Å². The molecule has 0 radical (unpaired) electrons. The Balaban J connectivity index is 2.72. The summed E-state index contributed by atoms with van der Waals surface area (Å²) in [6.45, 7) is 11.9. The maximum atomic E-state index is 10.9. The molecule has 0 amide bonds. The second-order valence-corrected chi connectivity index (χ2v) is 13.5. The average Bonchev–Trinajstić information content (AvgIpc) is 2.40. The van der Waals surface area contributed by atoms with Gasteiger partial charge < -0.3 is 10.4 Å². The Morgan fingerprint density at radius 1 is 1.05 bits per heavy atom. The third kappa shape index (κ3) is 4.31. The Bertz CT molecular complexity index is 266. The summed E-state index contributed by atoms with van der Waals surface area (Å²) in [4.78, 5) is 0. The molecule has 0 aromatic heterocycles. The minimum atomic E-state index is -1.40. The first kappa shape index (κ1) is 18.2. The van der Waals surface area contributed by atoms with E-state index in [4.69, 9.17) is 0 Å². The zero-order valence-electron chi connectivity index (χ0n) is 14.6. The Hall–Kier alpha value is 0.137. The van der Waals surface area contributed by atoms with Crippen molar-refractivity contribution >= 4 is 8.07 Å². The van der Waals surface area contributed by atoms with Gasteiger partial charge in [0.2, 0.25) is 0 Å². The van der Waals surface area contributed by atoms with Crippen LogP contribution in [0.3, 0.4) is 0 Å². The van der Waals surface area contributed by atoms with E-state index in [2.05, 4.69) is 39.6 Å². The van der Waals surface area contributed by atoms with E-state index in [-0.39, 0.29) is 6.10 Å². The average molecular weight is 300 g/mol. The molecule has 0 saturated heterocycles. The monoisotopic (exact) mass is 299 g/mol. The van der Waals surface area contributed by atoms with Crippen LogP contribution in [-0.4, -0.2) is 32.4 Å². The van der Waals surface area contributed by atoms with E-state index < -0.39 is 8.07 Å². The fourth-order valence-corrected chi connectivity index (χ4v) is 7.38. The first-order valence-electron chi connectivity index (χ1n) is 8.68. The molecular formula is C17H37NOSi. The largest absolute Gasteiger partial charge is 0.392 e. The van der Waals surface area contributed by atoms with E-state index in [1.165, 1.54) is 32.1 Å². The highest BCUT2D eigenvalue weighted by Crippen LogP contribution is 2.38. The van der Waals surface area contributed by atoms with Gasteiger partial charge in [-0.2, -0.15) is 0 Å². The molecule has 0 bridgehead atoms. The molecule has 1 rings (SSSR count). The van der Waals surface area contributed by atoms with Crippen molar-refractivity contribution in [2.45, 2.75) is 95.6 Å². The Kier molecular flexibility index (Phi) is 7.23. The van der Waals surface area contributed by atoms with Crippen molar-refractivity contribution in [3.63, 3.8) is 0 Å². The van der Waals surface area contributed by atoms with Crippen LogP contribution < -0.4 is 5.32 Å². The van der Waals surface area contributed by atoms with Crippen LogP contribution in [0.1, 0.15) is 59.8 Å². The van der Waals surface area contributed by atoms with Crippen molar-refractivity contribution in [3.8, 4) is 0 Å². The molecule has 0 aromatic rings. The summed E-state index contributed by atoms with van der Waals surface area (Å²) in [6.07, 6.45) is 6.50. The van der Waals surface area contributed by atoms with Crippen molar-refractivity contribution in [2.75, 3.05) is 7.05 Å². The molecule has 2 N–H and O–H groups in total. The lowest BCUT2D eigenvalue weighted by Gasteiger charge is -2.41. The number of aliphatic hydroxyl groups excluding tert-OH is 1. The molecule has 3 heteroatoms. The van der Waals surface area contributed by atoms with E-state index in [1.54, 1.807) is 0 Å². The number of rotatable bonds is 7. The van der Waals surface area contributed by atoms with Gasteiger partial charge in [0.05, 0.1) is 14.2 Å². The lowest BCUT2D eigenvalue weighted by molar-refractivity contribution is 0.100. The highest BCUT2D eigenvalue weighted by atomic mass is 28.3. The van der Waals surface area contributed by atoms with Gasteiger partial charge >= 0.3 is 0 Å². The molecule has 0 aromatic carbocycles. The maximum absolute atomic E-state index is 10.9.